The maximum atomic E-state index is 5.12. The second kappa shape index (κ2) is 13.8. The molecule has 210 valence electrons. The number of benzene rings is 2. The van der Waals surface area contributed by atoms with Gasteiger partial charge >= 0.3 is 0 Å². The molecular weight excluding hydrogens is 668 g/mol. The molecule has 0 N–H and O–H groups in total. The fourth-order valence-corrected chi connectivity index (χ4v) is 12.9. The first-order valence-corrected chi connectivity index (χ1v) is 19.3. The molecule has 2 aliphatic rings. The van der Waals surface area contributed by atoms with Gasteiger partial charge in [-0.05, 0) is 48.6 Å². The van der Waals surface area contributed by atoms with E-state index in [4.69, 9.17) is 43.1 Å². The monoisotopic (exact) mass is 690 g/mol. The Balaban J connectivity index is 0.000000967. The number of fused-ring (bicyclic) bond motifs is 8. The summed E-state index contributed by atoms with van der Waals surface area (Å²) in [4.78, 5) is 22.1. The van der Waals surface area contributed by atoms with Gasteiger partial charge in [0.2, 0.25) is 0 Å². The number of nitrogens with zero attached hydrogens (tertiary/aromatic N) is 4. The zero-order valence-corrected chi connectivity index (χ0v) is 28.6. The SMILES string of the molecule is CCCSC1=C(SCCC)SC(=C2Sc3cc4nc5c6ncccc6c6cccnc6c5nc4cc3S2)S1.ClCCl. The molecule has 0 unspecified atom stereocenters. The molecule has 2 aliphatic heterocycles. The average molecular weight is 692 g/mol. The molecule has 5 heterocycles. The number of alkyl halides is 2. The molecule has 0 saturated carbocycles. The van der Waals surface area contributed by atoms with Crippen LogP contribution in [0, 0.1) is 0 Å². The summed E-state index contributed by atoms with van der Waals surface area (Å²) in [6, 6.07) is 12.5. The number of rotatable bonds is 6. The van der Waals surface area contributed by atoms with Crippen LogP contribution in [0.3, 0.4) is 0 Å². The summed E-state index contributed by atoms with van der Waals surface area (Å²) < 4.78 is 5.74. The van der Waals surface area contributed by atoms with Crippen molar-refractivity contribution < 1.29 is 0 Å². The zero-order chi connectivity index (χ0) is 28.3. The Morgan fingerprint density at radius 3 is 1.54 bits per heavy atom. The molecule has 2 aromatic carbocycles. The first kappa shape index (κ1) is 30.1. The van der Waals surface area contributed by atoms with E-state index in [2.05, 4.69) is 38.1 Å². The smallest absolute Gasteiger partial charge is 0.118 e. The van der Waals surface area contributed by atoms with Gasteiger partial charge in [-0.3, -0.25) is 9.97 Å². The molecule has 0 amide bonds. The average Bonchev–Trinajstić information content (AvgIpc) is 3.61. The number of hydrogen-bond acceptors (Lipinski definition) is 10. The summed E-state index contributed by atoms with van der Waals surface area (Å²) in [6.45, 7) is 4.51. The summed E-state index contributed by atoms with van der Waals surface area (Å²) in [5, 5.41) is 2.32. The van der Waals surface area contributed by atoms with Crippen LogP contribution in [0.5, 0.6) is 0 Å². The molecule has 0 fully saturated rings. The molecule has 0 bridgehead atoms. The van der Waals surface area contributed by atoms with E-state index in [9.17, 15) is 0 Å². The van der Waals surface area contributed by atoms with Crippen molar-refractivity contribution in [3.05, 3.63) is 65.7 Å². The van der Waals surface area contributed by atoms with Crippen molar-refractivity contribution in [3.8, 4) is 0 Å². The van der Waals surface area contributed by atoms with E-state index in [1.54, 1.807) is 0 Å². The van der Waals surface area contributed by atoms with Gasteiger partial charge in [0.1, 0.15) is 11.0 Å². The van der Waals surface area contributed by atoms with Crippen LogP contribution in [0.4, 0.5) is 0 Å². The number of pyridine rings is 2. The Bertz CT molecular complexity index is 1720. The van der Waals surface area contributed by atoms with Crippen LogP contribution in [0.1, 0.15) is 26.7 Å². The lowest BCUT2D eigenvalue weighted by molar-refractivity contribution is 1.11. The molecule has 5 aromatic rings. The second-order valence-electron chi connectivity index (χ2n) is 8.86. The highest BCUT2D eigenvalue weighted by Crippen LogP contribution is 2.64. The molecule has 41 heavy (non-hydrogen) atoms. The summed E-state index contributed by atoms with van der Waals surface area (Å²) >= 11 is 21.2. The number of aromatic nitrogens is 4. The van der Waals surface area contributed by atoms with Gasteiger partial charge in [0.05, 0.1) is 44.4 Å². The van der Waals surface area contributed by atoms with E-state index in [1.807, 2.05) is 95.1 Å². The third kappa shape index (κ3) is 6.18. The maximum Gasteiger partial charge on any atom is 0.118 e. The van der Waals surface area contributed by atoms with Crippen LogP contribution in [0.2, 0.25) is 0 Å². The first-order valence-electron chi connectivity index (χ1n) is 13.0. The topological polar surface area (TPSA) is 51.6 Å². The molecule has 7 rings (SSSR count). The molecule has 12 heteroatoms. The molecule has 0 radical (unpaired) electrons. The normalized spacial score (nSPS) is 14.9. The molecule has 0 spiro atoms. The van der Waals surface area contributed by atoms with Crippen molar-refractivity contribution in [1.82, 2.24) is 19.9 Å². The van der Waals surface area contributed by atoms with Crippen LogP contribution in [0.25, 0.3) is 43.9 Å². The number of halogens is 2. The van der Waals surface area contributed by atoms with Gasteiger partial charge in [0.25, 0.3) is 0 Å². The quantitative estimate of drug-likeness (QED) is 0.0977. The van der Waals surface area contributed by atoms with Gasteiger partial charge in [-0.15, -0.1) is 46.7 Å². The van der Waals surface area contributed by atoms with Crippen molar-refractivity contribution in [2.45, 2.75) is 36.5 Å². The van der Waals surface area contributed by atoms with Gasteiger partial charge in [-0.25, -0.2) is 9.97 Å². The van der Waals surface area contributed by atoms with Crippen molar-refractivity contribution >= 4 is 138 Å². The van der Waals surface area contributed by atoms with E-state index in [-0.39, 0.29) is 5.34 Å². The van der Waals surface area contributed by atoms with Crippen LogP contribution in [0.15, 0.2) is 75.5 Å². The highest BCUT2D eigenvalue weighted by molar-refractivity contribution is 8.42. The van der Waals surface area contributed by atoms with Crippen molar-refractivity contribution in [3.63, 3.8) is 0 Å². The fraction of sp³-hybridized carbons (Fsp3) is 0.241. The fourth-order valence-electron chi connectivity index (χ4n) is 4.40. The molecule has 3 aromatic heterocycles. The Kier molecular flexibility index (Phi) is 10.1. The standard InChI is InChI=1S/C28H22N4S6.CH2Cl2/c1-3-11-33-25-26(34-12-4-2)38-28(37-25)27-35-19-13-17-18(14-20(19)36-27)32-24-22-16(8-6-10-30-22)15-7-5-9-29-21(15)23(24)31-17;2-1-3/h5-10,13-14H,3-4,11-12H2,1-2H3;1H2. The minimum atomic E-state index is 0.194. The van der Waals surface area contributed by atoms with Crippen molar-refractivity contribution in [2.24, 2.45) is 0 Å². The van der Waals surface area contributed by atoms with Gasteiger partial charge in [0.15, 0.2) is 0 Å². The molecular formula is C29H24Cl2N4S6. The summed E-state index contributed by atoms with van der Waals surface area (Å²) in [6.07, 6.45) is 6.05. The van der Waals surface area contributed by atoms with Gasteiger partial charge in [-0.1, -0.05) is 73.0 Å². The third-order valence-electron chi connectivity index (χ3n) is 6.07. The molecule has 0 saturated heterocycles. The molecule has 0 atom stereocenters. The summed E-state index contributed by atoms with van der Waals surface area (Å²) in [7, 11) is 0. The number of thioether (sulfide) groups is 6. The highest BCUT2D eigenvalue weighted by Gasteiger charge is 2.29. The van der Waals surface area contributed by atoms with Gasteiger partial charge in [-0.2, -0.15) is 0 Å². The van der Waals surface area contributed by atoms with E-state index in [0.717, 1.165) is 43.9 Å². The Labute approximate surface area is 274 Å². The van der Waals surface area contributed by atoms with Crippen LogP contribution in [-0.4, -0.2) is 36.8 Å². The van der Waals surface area contributed by atoms with E-state index < -0.39 is 0 Å². The Morgan fingerprint density at radius 2 is 1.10 bits per heavy atom. The molecule has 0 aliphatic carbocycles. The Morgan fingerprint density at radius 1 is 0.659 bits per heavy atom. The van der Waals surface area contributed by atoms with E-state index >= 15 is 0 Å². The lowest BCUT2D eigenvalue weighted by Crippen LogP contribution is -1.94. The third-order valence-corrected chi connectivity index (χ3v) is 15.0. The lowest BCUT2D eigenvalue weighted by Gasteiger charge is -2.09. The van der Waals surface area contributed by atoms with Crippen LogP contribution >= 0.6 is 93.8 Å². The predicted molar refractivity (Wildman–Crippen MR) is 191 cm³/mol. The first-order chi connectivity index (χ1) is 20.1. The lowest BCUT2D eigenvalue weighted by atomic mass is 10.1. The minimum Gasteiger partial charge on any atom is -0.254 e. The van der Waals surface area contributed by atoms with Crippen LogP contribution < -0.4 is 0 Å². The summed E-state index contributed by atoms with van der Waals surface area (Å²) in [5.41, 5.74) is 5.19. The highest BCUT2D eigenvalue weighted by atomic mass is 35.5. The van der Waals surface area contributed by atoms with Crippen molar-refractivity contribution in [1.29, 1.82) is 0 Å². The van der Waals surface area contributed by atoms with Crippen molar-refractivity contribution in [2.75, 3.05) is 16.8 Å². The van der Waals surface area contributed by atoms with Gasteiger partial charge in [0, 0.05) is 33.0 Å². The van der Waals surface area contributed by atoms with E-state index in [0.29, 0.717) is 0 Å². The van der Waals surface area contributed by atoms with Gasteiger partial charge < -0.3 is 0 Å². The van der Waals surface area contributed by atoms with E-state index in [1.165, 1.54) is 51.1 Å². The summed E-state index contributed by atoms with van der Waals surface area (Å²) in [5.74, 6) is 2.34. The minimum absolute atomic E-state index is 0.194. The van der Waals surface area contributed by atoms with Crippen LogP contribution in [-0.2, 0) is 0 Å². The second-order valence-corrected chi connectivity index (χ2v) is 17.1. The maximum absolute atomic E-state index is 5.12. The predicted octanol–water partition coefficient (Wildman–Crippen LogP) is 11.5. The number of hydrogen-bond donors (Lipinski definition) is 0. The largest absolute Gasteiger partial charge is 0.254 e. The molecule has 4 nitrogen and oxygen atoms in total. The zero-order valence-electron chi connectivity index (χ0n) is 22.1. The Hall–Kier alpha value is -0.980.